The highest BCUT2D eigenvalue weighted by Crippen LogP contribution is 2.11. The van der Waals surface area contributed by atoms with Crippen LogP contribution in [0.25, 0.3) is 0 Å². The molecule has 0 saturated carbocycles. The van der Waals surface area contributed by atoms with Gasteiger partial charge in [0.15, 0.2) is 5.96 Å². The third kappa shape index (κ3) is 10.0. The van der Waals surface area contributed by atoms with Crippen LogP contribution in [0.15, 0.2) is 58.1 Å². The fourth-order valence-electron chi connectivity index (χ4n) is 3.28. The molecule has 31 heavy (non-hydrogen) atoms. The lowest BCUT2D eigenvalue weighted by Crippen LogP contribution is -2.39. The van der Waals surface area contributed by atoms with E-state index in [2.05, 4.69) is 27.8 Å². The molecule has 0 bridgehead atoms. The van der Waals surface area contributed by atoms with Gasteiger partial charge in [0.2, 0.25) is 0 Å². The van der Waals surface area contributed by atoms with Gasteiger partial charge in [-0.05, 0) is 37.0 Å². The summed E-state index contributed by atoms with van der Waals surface area (Å²) in [7, 11) is 0. The van der Waals surface area contributed by atoms with Crippen molar-refractivity contribution in [3.05, 3.63) is 60.1 Å². The van der Waals surface area contributed by atoms with E-state index in [9.17, 15) is 0 Å². The molecular weight excluding hydrogens is 394 g/mol. The van der Waals surface area contributed by atoms with E-state index in [1.807, 2.05) is 30.3 Å². The number of nitrogens with zero attached hydrogens (tertiary/aromatic N) is 1. The summed E-state index contributed by atoms with van der Waals surface area (Å²) in [5.74, 6) is 1.78. The monoisotopic (exact) mass is 429 g/mol. The molecule has 1 aromatic heterocycles. The lowest BCUT2D eigenvalue weighted by Gasteiger charge is -2.14. The molecule has 1 fully saturated rings. The summed E-state index contributed by atoms with van der Waals surface area (Å²) in [6.45, 7) is 5.61. The van der Waals surface area contributed by atoms with Crippen LogP contribution < -0.4 is 10.6 Å². The minimum Gasteiger partial charge on any atom is -0.469 e. The highest BCUT2D eigenvalue weighted by Gasteiger charge is 2.14. The van der Waals surface area contributed by atoms with Crippen molar-refractivity contribution in [1.82, 2.24) is 10.6 Å². The molecule has 2 heterocycles. The second kappa shape index (κ2) is 14.6. The van der Waals surface area contributed by atoms with E-state index in [0.29, 0.717) is 33.0 Å². The highest BCUT2D eigenvalue weighted by molar-refractivity contribution is 5.79. The minimum atomic E-state index is 0.239. The number of guanidine groups is 1. The van der Waals surface area contributed by atoms with Crippen LogP contribution in [0.1, 0.15) is 30.6 Å². The molecular formula is C24H35N3O4. The van der Waals surface area contributed by atoms with Crippen molar-refractivity contribution in [2.24, 2.45) is 4.99 Å². The molecule has 3 rings (SSSR count). The third-order valence-electron chi connectivity index (χ3n) is 4.96. The molecule has 2 aromatic rings. The van der Waals surface area contributed by atoms with Crippen LogP contribution in [0, 0.1) is 0 Å². The maximum atomic E-state index is 5.68. The molecule has 1 aliphatic heterocycles. The van der Waals surface area contributed by atoms with Gasteiger partial charge in [0.25, 0.3) is 0 Å². The fraction of sp³-hybridized carbons (Fsp3) is 0.542. The number of benzene rings is 1. The molecule has 7 nitrogen and oxygen atoms in total. The van der Waals surface area contributed by atoms with Crippen molar-refractivity contribution in [1.29, 1.82) is 0 Å². The zero-order valence-corrected chi connectivity index (χ0v) is 18.3. The molecule has 1 aromatic carbocycles. The van der Waals surface area contributed by atoms with Gasteiger partial charge in [-0.2, -0.15) is 0 Å². The maximum Gasteiger partial charge on any atom is 0.191 e. The molecule has 2 N–H and O–H groups in total. The van der Waals surface area contributed by atoms with Crippen molar-refractivity contribution in [3.63, 3.8) is 0 Å². The van der Waals surface area contributed by atoms with Crippen molar-refractivity contribution < 1.29 is 18.6 Å². The number of furan rings is 1. The smallest absolute Gasteiger partial charge is 0.191 e. The van der Waals surface area contributed by atoms with Gasteiger partial charge in [-0.15, -0.1) is 0 Å². The largest absolute Gasteiger partial charge is 0.469 e. The van der Waals surface area contributed by atoms with Gasteiger partial charge < -0.3 is 29.3 Å². The summed E-state index contributed by atoms with van der Waals surface area (Å²) in [6, 6.07) is 14.1. The van der Waals surface area contributed by atoms with Gasteiger partial charge in [0, 0.05) is 32.7 Å². The zero-order valence-electron chi connectivity index (χ0n) is 18.3. The average Bonchev–Trinajstić information content (AvgIpc) is 3.51. The van der Waals surface area contributed by atoms with Crippen molar-refractivity contribution in [3.8, 4) is 0 Å². The van der Waals surface area contributed by atoms with Crippen molar-refractivity contribution >= 4 is 5.96 Å². The van der Waals surface area contributed by atoms with Gasteiger partial charge >= 0.3 is 0 Å². The first-order chi connectivity index (χ1) is 15.4. The Bertz CT molecular complexity index is 716. The van der Waals surface area contributed by atoms with E-state index < -0.39 is 0 Å². The molecule has 0 aliphatic carbocycles. The number of hydrogen-bond acceptors (Lipinski definition) is 5. The van der Waals surface area contributed by atoms with Crippen LogP contribution in [-0.2, 0) is 27.2 Å². The van der Waals surface area contributed by atoms with Crippen LogP contribution in [0.2, 0.25) is 0 Å². The third-order valence-corrected chi connectivity index (χ3v) is 4.96. The Morgan fingerprint density at radius 1 is 1.00 bits per heavy atom. The van der Waals surface area contributed by atoms with Crippen LogP contribution in [0.5, 0.6) is 0 Å². The normalized spacial score (nSPS) is 16.5. The molecule has 1 unspecified atom stereocenters. The minimum absolute atomic E-state index is 0.239. The van der Waals surface area contributed by atoms with Crippen molar-refractivity contribution in [2.45, 2.75) is 38.4 Å². The number of nitrogens with one attached hydrogen (secondary N) is 2. The van der Waals surface area contributed by atoms with Crippen LogP contribution in [-0.4, -0.2) is 58.1 Å². The van der Waals surface area contributed by atoms with Crippen LogP contribution >= 0.6 is 0 Å². The van der Waals surface area contributed by atoms with E-state index in [-0.39, 0.29) is 6.10 Å². The first-order valence-corrected chi connectivity index (χ1v) is 11.3. The van der Waals surface area contributed by atoms with Crippen LogP contribution in [0.3, 0.4) is 0 Å². The quantitative estimate of drug-likeness (QED) is 0.273. The predicted octanol–water partition coefficient (Wildman–Crippen LogP) is 3.16. The standard InChI is InChI=1S/C24H35N3O4/c1-2-7-21(8-3-1)20-29-18-17-28-14-6-12-25-24(27-19-23-10-5-16-31-23)26-13-11-22-9-4-15-30-22/h1-4,7-9,15,23H,5-6,10-14,16-20H2,(H2,25,26,27). The van der Waals surface area contributed by atoms with Gasteiger partial charge in [-0.1, -0.05) is 30.3 Å². The maximum absolute atomic E-state index is 5.68. The van der Waals surface area contributed by atoms with Crippen LogP contribution in [0.4, 0.5) is 0 Å². The van der Waals surface area contributed by atoms with E-state index in [1.165, 1.54) is 5.56 Å². The van der Waals surface area contributed by atoms with Gasteiger partial charge in [0.1, 0.15) is 5.76 Å². The summed E-state index contributed by atoms with van der Waals surface area (Å²) in [5, 5.41) is 6.77. The summed E-state index contributed by atoms with van der Waals surface area (Å²) in [5.41, 5.74) is 1.18. The SMILES string of the molecule is c1ccc(COCCOCCCNC(=NCC2CCCO2)NCCc2ccco2)cc1. The Balaban J connectivity index is 1.25. The Morgan fingerprint density at radius 3 is 2.68 bits per heavy atom. The van der Waals surface area contributed by atoms with Gasteiger partial charge in [-0.25, -0.2) is 0 Å². The first-order valence-electron chi connectivity index (χ1n) is 11.3. The molecule has 0 radical (unpaired) electrons. The average molecular weight is 430 g/mol. The number of hydrogen-bond donors (Lipinski definition) is 2. The van der Waals surface area contributed by atoms with Crippen molar-refractivity contribution in [2.75, 3.05) is 46.1 Å². The lowest BCUT2D eigenvalue weighted by molar-refractivity contribution is 0.0401. The second-order valence-corrected chi connectivity index (χ2v) is 7.51. The zero-order chi connectivity index (χ0) is 21.4. The molecule has 1 aliphatic rings. The second-order valence-electron chi connectivity index (χ2n) is 7.51. The summed E-state index contributed by atoms with van der Waals surface area (Å²) in [6.07, 6.45) is 5.87. The fourth-order valence-corrected chi connectivity index (χ4v) is 3.28. The Kier molecular flexibility index (Phi) is 11.0. The Labute approximate surface area is 185 Å². The first kappa shape index (κ1) is 23.3. The summed E-state index contributed by atoms with van der Waals surface area (Å²) < 4.78 is 22.4. The van der Waals surface area contributed by atoms with Gasteiger partial charge in [0.05, 0.1) is 38.7 Å². The molecule has 0 spiro atoms. The topological polar surface area (TPSA) is 77.2 Å². The number of rotatable bonds is 14. The Morgan fingerprint density at radius 2 is 1.87 bits per heavy atom. The van der Waals surface area contributed by atoms with E-state index in [1.54, 1.807) is 6.26 Å². The number of aliphatic imine (C=N–C) groups is 1. The van der Waals surface area contributed by atoms with Gasteiger partial charge in [-0.3, -0.25) is 4.99 Å². The van der Waals surface area contributed by atoms with E-state index >= 15 is 0 Å². The molecule has 0 amide bonds. The molecule has 7 heteroatoms. The van der Waals surface area contributed by atoms with E-state index in [0.717, 1.165) is 57.1 Å². The summed E-state index contributed by atoms with van der Waals surface area (Å²) >= 11 is 0. The van der Waals surface area contributed by atoms with E-state index in [4.69, 9.17) is 18.6 Å². The predicted molar refractivity (Wildman–Crippen MR) is 121 cm³/mol. The molecule has 1 saturated heterocycles. The Hall–Kier alpha value is -2.35. The summed E-state index contributed by atoms with van der Waals surface area (Å²) in [4.78, 5) is 4.69. The molecule has 170 valence electrons. The molecule has 1 atom stereocenters. The highest BCUT2D eigenvalue weighted by atomic mass is 16.5. The lowest BCUT2D eigenvalue weighted by atomic mass is 10.2. The number of ether oxygens (including phenoxy) is 3.